The van der Waals surface area contributed by atoms with Crippen molar-refractivity contribution in [2.75, 3.05) is 13.2 Å². The molecule has 0 amide bonds. The number of hydrogen-bond donors (Lipinski definition) is 1. The molecule has 0 aromatic carbocycles. The minimum Gasteiger partial charge on any atom is -0.381 e. The fraction of sp³-hybridized carbons (Fsp3) is 0.538. The van der Waals surface area contributed by atoms with Crippen LogP contribution in [0.1, 0.15) is 19.2 Å². The molecule has 7 nitrogen and oxygen atoms in total. The standard InChI is InChI=1S/C13H17N3O4S2/c1-9-8-19-5-4-11(9)22(17,18)14-7-12-15-13(20-16-12)10-3-2-6-21-10/h2-3,6,9,11,14H,4-5,7-8H2,1H3/t9-,11+/m1/s1. The summed E-state index contributed by atoms with van der Waals surface area (Å²) in [6, 6.07) is 3.76. The van der Waals surface area contributed by atoms with Crippen LogP contribution in [0.5, 0.6) is 0 Å². The molecule has 2 aromatic rings. The van der Waals surface area contributed by atoms with Crippen LogP contribution in [0.2, 0.25) is 0 Å². The summed E-state index contributed by atoms with van der Waals surface area (Å²) in [5, 5.41) is 5.28. The molecule has 22 heavy (non-hydrogen) atoms. The number of rotatable bonds is 5. The Balaban J connectivity index is 1.64. The predicted molar refractivity (Wildman–Crippen MR) is 81.8 cm³/mol. The smallest absolute Gasteiger partial charge is 0.268 e. The zero-order valence-electron chi connectivity index (χ0n) is 12.1. The Morgan fingerprint density at radius 3 is 3.09 bits per heavy atom. The van der Waals surface area contributed by atoms with Gasteiger partial charge in [0.15, 0.2) is 5.82 Å². The van der Waals surface area contributed by atoms with E-state index in [1.807, 2.05) is 24.4 Å². The minimum atomic E-state index is -3.42. The molecule has 3 heterocycles. The molecule has 1 N–H and O–H groups in total. The van der Waals surface area contributed by atoms with Gasteiger partial charge >= 0.3 is 0 Å². The highest BCUT2D eigenvalue weighted by atomic mass is 32.2. The van der Waals surface area contributed by atoms with Gasteiger partial charge in [-0.3, -0.25) is 0 Å². The van der Waals surface area contributed by atoms with Crippen molar-refractivity contribution in [3.05, 3.63) is 23.3 Å². The molecule has 3 rings (SSSR count). The van der Waals surface area contributed by atoms with E-state index in [1.165, 1.54) is 11.3 Å². The Labute approximate surface area is 132 Å². The van der Waals surface area contributed by atoms with Crippen molar-refractivity contribution in [2.45, 2.75) is 25.1 Å². The van der Waals surface area contributed by atoms with E-state index in [1.54, 1.807) is 0 Å². The molecular weight excluding hydrogens is 326 g/mol. The quantitative estimate of drug-likeness (QED) is 0.887. The maximum Gasteiger partial charge on any atom is 0.268 e. The summed E-state index contributed by atoms with van der Waals surface area (Å²) in [4.78, 5) is 5.06. The van der Waals surface area contributed by atoms with Crippen LogP contribution < -0.4 is 4.72 Å². The number of nitrogens with one attached hydrogen (secondary N) is 1. The molecule has 9 heteroatoms. The van der Waals surface area contributed by atoms with Gasteiger partial charge in [0.1, 0.15) is 0 Å². The zero-order valence-corrected chi connectivity index (χ0v) is 13.7. The van der Waals surface area contributed by atoms with E-state index in [-0.39, 0.29) is 12.5 Å². The Kier molecular flexibility index (Phi) is 4.57. The van der Waals surface area contributed by atoms with E-state index in [0.717, 1.165) is 4.88 Å². The first-order chi connectivity index (χ1) is 10.6. The summed E-state index contributed by atoms with van der Waals surface area (Å²) >= 11 is 1.49. The lowest BCUT2D eigenvalue weighted by Gasteiger charge is -2.28. The largest absolute Gasteiger partial charge is 0.381 e. The van der Waals surface area contributed by atoms with E-state index >= 15 is 0 Å². The highest BCUT2D eigenvalue weighted by Crippen LogP contribution is 2.23. The highest BCUT2D eigenvalue weighted by Gasteiger charge is 2.33. The van der Waals surface area contributed by atoms with Crippen LogP contribution in [0.15, 0.2) is 22.0 Å². The van der Waals surface area contributed by atoms with Gasteiger partial charge in [0, 0.05) is 6.61 Å². The first kappa shape index (κ1) is 15.6. The van der Waals surface area contributed by atoms with Crippen LogP contribution in [0, 0.1) is 5.92 Å². The number of aromatic nitrogens is 2. The topological polar surface area (TPSA) is 94.3 Å². The van der Waals surface area contributed by atoms with Gasteiger partial charge < -0.3 is 9.26 Å². The van der Waals surface area contributed by atoms with Crippen LogP contribution in [0.25, 0.3) is 10.8 Å². The van der Waals surface area contributed by atoms with Crippen LogP contribution in [-0.4, -0.2) is 37.0 Å². The maximum atomic E-state index is 12.4. The van der Waals surface area contributed by atoms with E-state index in [9.17, 15) is 8.42 Å². The van der Waals surface area contributed by atoms with Crippen molar-refractivity contribution >= 4 is 21.4 Å². The lowest BCUT2D eigenvalue weighted by molar-refractivity contribution is 0.0635. The fourth-order valence-corrected chi connectivity index (χ4v) is 4.71. The third kappa shape index (κ3) is 3.37. The highest BCUT2D eigenvalue weighted by molar-refractivity contribution is 7.90. The van der Waals surface area contributed by atoms with Crippen molar-refractivity contribution in [1.29, 1.82) is 0 Å². The van der Waals surface area contributed by atoms with Crippen molar-refractivity contribution in [3.63, 3.8) is 0 Å². The number of nitrogens with zero attached hydrogens (tertiary/aromatic N) is 2. The second-order valence-corrected chi connectivity index (χ2v) is 8.17. The van der Waals surface area contributed by atoms with E-state index in [4.69, 9.17) is 9.26 Å². The second-order valence-electron chi connectivity index (χ2n) is 5.24. The fourth-order valence-electron chi connectivity index (χ4n) is 2.42. The first-order valence-electron chi connectivity index (χ1n) is 6.99. The van der Waals surface area contributed by atoms with Gasteiger partial charge in [0.05, 0.1) is 23.3 Å². The number of thiophene rings is 1. The lowest BCUT2D eigenvalue weighted by atomic mass is 10.0. The van der Waals surface area contributed by atoms with Gasteiger partial charge in [-0.05, 0) is 23.8 Å². The van der Waals surface area contributed by atoms with Crippen LogP contribution in [-0.2, 0) is 21.3 Å². The summed E-state index contributed by atoms with van der Waals surface area (Å²) in [6.07, 6.45) is 0.503. The summed E-state index contributed by atoms with van der Waals surface area (Å²) in [6.45, 7) is 2.85. The molecule has 120 valence electrons. The lowest BCUT2D eigenvalue weighted by Crippen LogP contribution is -2.42. The molecule has 1 fully saturated rings. The summed E-state index contributed by atoms with van der Waals surface area (Å²) < 4.78 is 37.7. The van der Waals surface area contributed by atoms with Gasteiger partial charge in [-0.15, -0.1) is 11.3 Å². The molecule has 0 spiro atoms. The average molecular weight is 343 g/mol. The third-order valence-electron chi connectivity index (χ3n) is 3.59. The zero-order chi connectivity index (χ0) is 15.6. The number of ether oxygens (including phenoxy) is 1. The molecule has 2 aromatic heterocycles. The molecule has 1 saturated heterocycles. The Hall–Kier alpha value is -1.29. The van der Waals surface area contributed by atoms with E-state index in [2.05, 4.69) is 14.9 Å². The van der Waals surface area contributed by atoms with E-state index in [0.29, 0.717) is 31.3 Å². The number of hydrogen-bond acceptors (Lipinski definition) is 7. The van der Waals surface area contributed by atoms with Crippen molar-refractivity contribution in [1.82, 2.24) is 14.9 Å². The molecule has 0 saturated carbocycles. The van der Waals surface area contributed by atoms with Gasteiger partial charge in [-0.25, -0.2) is 13.1 Å². The maximum absolute atomic E-state index is 12.4. The van der Waals surface area contributed by atoms with E-state index < -0.39 is 15.3 Å². The summed E-state index contributed by atoms with van der Waals surface area (Å²) in [5.41, 5.74) is 0. The Bertz CT molecular complexity index is 711. The van der Waals surface area contributed by atoms with Crippen molar-refractivity contribution < 1.29 is 17.7 Å². The first-order valence-corrected chi connectivity index (χ1v) is 9.41. The van der Waals surface area contributed by atoms with Gasteiger partial charge in [-0.2, -0.15) is 4.98 Å². The van der Waals surface area contributed by atoms with Crippen molar-refractivity contribution in [2.24, 2.45) is 5.92 Å². The monoisotopic (exact) mass is 343 g/mol. The molecule has 2 atom stereocenters. The molecule has 0 bridgehead atoms. The third-order valence-corrected chi connectivity index (χ3v) is 6.49. The molecule has 0 aliphatic carbocycles. The minimum absolute atomic E-state index is 0.0291. The molecule has 0 unspecified atom stereocenters. The van der Waals surface area contributed by atoms with Gasteiger partial charge in [0.2, 0.25) is 10.0 Å². The summed E-state index contributed by atoms with van der Waals surface area (Å²) in [7, 11) is -3.42. The Morgan fingerprint density at radius 2 is 2.36 bits per heavy atom. The Morgan fingerprint density at radius 1 is 1.50 bits per heavy atom. The number of sulfonamides is 1. The normalized spacial score (nSPS) is 22.8. The average Bonchev–Trinajstić information content (AvgIpc) is 3.17. The van der Waals surface area contributed by atoms with Crippen LogP contribution in [0.3, 0.4) is 0 Å². The molecular formula is C13H17N3O4S2. The van der Waals surface area contributed by atoms with Gasteiger partial charge in [0.25, 0.3) is 5.89 Å². The molecule has 1 aliphatic heterocycles. The predicted octanol–water partition coefficient (Wildman–Crippen LogP) is 1.64. The van der Waals surface area contributed by atoms with Crippen LogP contribution >= 0.6 is 11.3 Å². The van der Waals surface area contributed by atoms with Crippen LogP contribution in [0.4, 0.5) is 0 Å². The molecule has 1 aliphatic rings. The SMILES string of the molecule is C[C@@H]1COCC[C@@H]1S(=O)(=O)NCc1noc(-c2cccs2)n1. The second kappa shape index (κ2) is 6.45. The molecule has 0 radical (unpaired) electrons. The van der Waals surface area contributed by atoms with Crippen molar-refractivity contribution in [3.8, 4) is 10.8 Å². The van der Waals surface area contributed by atoms with Gasteiger partial charge in [-0.1, -0.05) is 18.1 Å². The summed E-state index contributed by atoms with van der Waals surface area (Å²) in [5.74, 6) is 0.702.